The van der Waals surface area contributed by atoms with Crippen molar-refractivity contribution in [2.45, 2.75) is 94.7 Å². The fraction of sp³-hybridized carbons (Fsp3) is 0.535. The summed E-state index contributed by atoms with van der Waals surface area (Å²) in [7, 11) is 3.31. The van der Waals surface area contributed by atoms with Gasteiger partial charge in [0.2, 0.25) is 5.91 Å². The molecule has 4 atom stereocenters. The molecule has 57 heavy (non-hydrogen) atoms. The minimum atomic E-state index is -2.90. The highest BCUT2D eigenvalue weighted by molar-refractivity contribution is 8.07. The topological polar surface area (TPSA) is 117 Å². The molecule has 2 aliphatic heterocycles. The molecule has 5 rings (SSSR count). The first-order valence-electron chi connectivity index (χ1n) is 19.9. The average molecular weight is 842 g/mol. The molecule has 3 aromatic carbocycles. The number of thioether (sulfide) groups is 1. The van der Waals surface area contributed by atoms with Gasteiger partial charge in [0.1, 0.15) is 17.0 Å². The normalized spacial score (nSPS) is 19.2. The molecule has 0 saturated carbocycles. The Bertz CT molecular complexity index is 1710. The second kappa shape index (κ2) is 21.2. The van der Waals surface area contributed by atoms with Crippen LogP contribution in [-0.2, 0) is 40.4 Å². The number of nitrogens with zero attached hydrogens (tertiary/aromatic N) is 1. The zero-order valence-corrected chi connectivity index (χ0v) is 36.7. The zero-order chi connectivity index (χ0) is 40.9. The number of fused-ring (bicyclic) bond motifs is 1. The number of nitrogens with one attached hydrogen (secondary N) is 2. The second-order valence-corrected chi connectivity index (χ2v) is 19.3. The van der Waals surface area contributed by atoms with Crippen molar-refractivity contribution in [1.82, 2.24) is 15.5 Å². The molecule has 0 spiro atoms. The number of amides is 3. The quantitative estimate of drug-likeness (QED) is 0.0417. The summed E-state index contributed by atoms with van der Waals surface area (Å²) in [4.78, 5) is 29.3. The van der Waals surface area contributed by atoms with Gasteiger partial charge in [-0.1, -0.05) is 54.6 Å². The van der Waals surface area contributed by atoms with Gasteiger partial charge in [-0.25, -0.2) is 4.79 Å². The molecule has 3 aromatic rings. The third-order valence-corrected chi connectivity index (χ3v) is 14.2. The van der Waals surface area contributed by atoms with Crippen LogP contribution in [0.15, 0.2) is 78.9 Å². The summed E-state index contributed by atoms with van der Waals surface area (Å²) < 4.78 is 34.2. The Morgan fingerprint density at radius 2 is 1.47 bits per heavy atom. The summed E-state index contributed by atoms with van der Waals surface area (Å²) in [5.74, 6) is 2.31. The Morgan fingerprint density at radius 3 is 2.07 bits per heavy atom. The van der Waals surface area contributed by atoms with Crippen molar-refractivity contribution < 1.29 is 37.4 Å². The standard InChI is InChI=1S/C43H60N3O8PS2/c1-7-51-29-30-53-55(56,54-42(2,3)4)52-28-13-9-12-27-44-39(47)18-14-17-38-40-37(31-57-38)46(41(48)45-40)43(32-15-10-8-11-16-32,33-19-23-35(49-5)24-20-33)34-21-25-36(50-6)26-22-34/h8,10-11,15-16,19-26,37-38,40H,7,9,12-14,17-18,27-31H2,1-6H3,(H,44,47)(H,45,48). The van der Waals surface area contributed by atoms with Gasteiger partial charge in [0.05, 0.1) is 51.7 Å². The third-order valence-electron chi connectivity index (χ3n) is 10.1. The maximum atomic E-state index is 14.4. The van der Waals surface area contributed by atoms with Gasteiger partial charge in [0.25, 0.3) is 0 Å². The van der Waals surface area contributed by atoms with E-state index in [0.29, 0.717) is 39.4 Å². The van der Waals surface area contributed by atoms with E-state index in [0.717, 1.165) is 66.0 Å². The lowest BCUT2D eigenvalue weighted by Crippen LogP contribution is -2.53. The number of carbonyl (C=O) groups excluding carboxylic acids is 2. The Hall–Kier alpha value is -3.16. The number of carbonyl (C=O) groups is 2. The van der Waals surface area contributed by atoms with E-state index in [-0.39, 0.29) is 29.3 Å². The Kier molecular flexibility index (Phi) is 16.7. The summed E-state index contributed by atoms with van der Waals surface area (Å²) >= 11 is 7.52. The van der Waals surface area contributed by atoms with Gasteiger partial charge in [-0.3, -0.25) is 4.79 Å². The summed E-state index contributed by atoms with van der Waals surface area (Å²) in [5, 5.41) is 6.65. The van der Waals surface area contributed by atoms with Crippen LogP contribution in [0.5, 0.6) is 11.5 Å². The zero-order valence-electron chi connectivity index (χ0n) is 34.2. The van der Waals surface area contributed by atoms with Crippen LogP contribution < -0.4 is 20.1 Å². The van der Waals surface area contributed by atoms with E-state index in [1.54, 1.807) is 14.2 Å². The molecule has 4 unspecified atom stereocenters. The Morgan fingerprint density at radius 1 is 0.860 bits per heavy atom. The highest BCUT2D eigenvalue weighted by Crippen LogP contribution is 2.53. The summed E-state index contributed by atoms with van der Waals surface area (Å²) in [6.07, 6.45) is 4.48. The number of ether oxygens (including phenoxy) is 3. The van der Waals surface area contributed by atoms with Crippen LogP contribution in [0.25, 0.3) is 0 Å². The van der Waals surface area contributed by atoms with Gasteiger partial charge in [0.15, 0.2) is 0 Å². The Labute approximate surface area is 348 Å². The molecular formula is C43H60N3O8PS2. The minimum Gasteiger partial charge on any atom is -0.497 e. The monoisotopic (exact) mass is 841 g/mol. The molecule has 0 aromatic heterocycles. The smallest absolute Gasteiger partial charge is 0.327 e. The van der Waals surface area contributed by atoms with Crippen molar-refractivity contribution in [3.63, 3.8) is 0 Å². The molecule has 2 heterocycles. The van der Waals surface area contributed by atoms with Crippen LogP contribution in [-0.4, -0.2) is 92.7 Å². The highest BCUT2D eigenvalue weighted by Gasteiger charge is 2.57. The number of unbranched alkanes of at least 4 members (excludes halogenated alkanes) is 2. The van der Waals surface area contributed by atoms with Gasteiger partial charge in [0, 0.05) is 30.6 Å². The van der Waals surface area contributed by atoms with Crippen molar-refractivity contribution in [1.29, 1.82) is 0 Å². The van der Waals surface area contributed by atoms with Crippen molar-refractivity contribution in [2.24, 2.45) is 0 Å². The van der Waals surface area contributed by atoms with Gasteiger partial charge in [-0.05, 0) is 113 Å². The van der Waals surface area contributed by atoms with E-state index < -0.39 is 17.9 Å². The first-order valence-corrected chi connectivity index (χ1v) is 23.5. The van der Waals surface area contributed by atoms with Gasteiger partial charge in [-0.2, -0.15) is 11.8 Å². The van der Waals surface area contributed by atoms with Crippen LogP contribution in [0.1, 0.15) is 82.9 Å². The van der Waals surface area contributed by atoms with Gasteiger partial charge < -0.3 is 43.3 Å². The van der Waals surface area contributed by atoms with Crippen LogP contribution >= 0.6 is 18.5 Å². The molecule has 14 heteroatoms. The molecule has 11 nitrogen and oxygen atoms in total. The summed E-state index contributed by atoms with van der Waals surface area (Å²) in [6, 6.07) is 26.0. The van der Waals surface area contributed by atoms with Crippen LogP contribution in [0.3, 0.4) is 0 Å². The number of rotatable bonds is 23. The van der Waals surface area contributed by atoms with Gasteiger partial charge >= 0.3 is 12.7 Å². The number of urea groups is 1. The molecule has 2 N–H and O–H groups in total. The largest absolute Gasteiger partial charge is 0.497 e. The second-order valence-electron chi connectivity index (χ2n) is 15.1. The molecule has 0 radical (unpaired) electrons. The SMILES string of the molecule is CCOCCOP(=S)(OCCCCCNC(=O)CCCC1SCC2C1NC(=O)N2C(c1ccccc1)(c1ccc(OC)cc1)c1ccc(OC)cc1)OC(C)(C)C. The third kappa shape index (κ3) is 11.7. The van der Waals surface area contributed by atoms with Crippen LogP contribution in [0.2, 0.25) is 0 Å². The highest BCUT2D eigenvalue weighted by atomic mass is 32.5. The molecule has 2 aliphatic rings. The first-order chi connectivity index (χ1) is 27.4. The predicted octanol–water partition coefficient (Wildman–Crippen LogP) is 8.44. The van der Waals surface area contributed by atoms with E-state index in [1.165, 1.54) is 0 Å². The molecule has 0 aliphatic carbocycles. The number of benzene rings is 3. The molecule has 3 amide bonds. The molecule has 2 saturated heterocycles. The van der Waals surface area contributed by atoms with E-state index >= 15 is 0 Å². The number of hydrogen-bond acceptors (Lipinski definition) is 10. The van der Waals surface area contributed by atoms with Crippen molar-refractivity contribution in [2.75, 3.05) is 52.9 Å². The van der Waals surface area contributed by atoms with Crippen molar-refractivity contribution in [3.8, 4) is 11.5 Å². The summed E-state index contributed by atoms with van der Waals surface area (Å²) in [5.41, 5.74) is 1.48. The predicted molar refractivity (Wildman–Crippen MR) is 231 cm³/mol. The Balaban J connectivity index is 1.16. The van der Waals surface area contributed by atoms with Crippen molar-refractivity contribution in [3.05, 3.63) is 95.6 Å². The first kappa shape index (κ1) is 44.9. The fourth-order valence-electron chi connectivity index (χ4n) is 7.53. The maximum absolute atomic E-state index is 14.4. The van der Waals surface area contributed by atoms with E-state index in [1.807, 2.05) is 81.9 Å². The van der Waals surface area contributed by atoms with E-state index in [2.05, 4.69) is 51.9 Å². The van der Waals surface area contributed by atoms with Gasteiger partial charge in [-0.15, -0.1) is 0 Å². The minimum absolute atomic E-state index is 0.0433. The molecule has 0 bridgehead atoms. The maximum Gasteiger partial charge on any atom is 0.327 e. The lowest BCUT2D eigenvalue weighted by Gasteiger charge is -2.45. The fourth-order valence-corrected chi connectivity index (χ4v) is 11.7. The summed E-state index contributed by atoms with van der Waals surface area (Å²) in [6.45, 7) is 7.23. The van der Waals surface area contributed by atoms with E-state index in [4.69, 9.17) is 39.6 Å². The van der Waals surface area contributed by atoms with E-state index in [9.17, 15) is 9.59 Å². The lowest BCUT2D eigenvalue weighted by atomic mass is 9.74. The number of hydrogen-bond donors (Lipinski definition) is 2. The average Bonchev–Trinajstić information content (AvgIpc) is 3.74. The van der Waals surface area contributed by atoms with Crippen molar-refractivity contribution >= 4 is 42.2 Å². The van der Waals surface area contributed by atoms with Crippen LogP contribution in [0, 0.1) is 0 Å². The van der Waals surface area contributed by atoms with Crippen LogP contribution in [0.4, 0.5) is 4.79 Å². The molecule has 312 valence electrons. The molecule has 2 fully saturated rings. The lowest BCUT2D eigenvalue weighted by molar-refractivity contribution is -0.121. The molecular weight excluding hydrogens is 782 g/mol. The number of methoxy groups -OCH3 is 2.